The van der Waals surface area contributed by atoms with Crippen molar-refractivity contribution in [2.45, 2.75) is 6.54 Å². The smallest absolute Gasteiger partial charge is 0.328 e. The summed E-state index contributed by atoms with van der Waals surface area (Å²) in [7, 11) is 0. The van der Waals surface area contributed by atoms with Gasteiger partial charge in [-0.1, -0.05) is 24.3 Å². The third kappa shape index (κ3) is 4.12. The summed E-state index contributed by atoms with van der Waals surface area (Å²) in [5.41, 5.74) is 1.73. The van der Waals surface area contributed by atoms with Crippen molar-refractivity contribution < 1.29 is 24.2 Å². The Bertz CT molecular complexity index is 939. The van der Waals surface area contributed by atoms with Gasteiger partial charge in [0, 0.05) is 24.7 Å². The van der Waals surface area contributed by atoms with Crippen molar-refractivity contribution in [2.24, 2.45) is 0 Å². The van der Waals surface area contributed by atoms with Crippen molar-refractivity contribution in [1.29, 1.82) is 0 Å². The summed E-state index contributed by atoms with van der Waals surface area (Å²) in [6, 6.07) is 5.28. The van der Waals surface area contributed by atoms with E-state index in [1.54, 1.807) is 24.3 Å². The number of carbonyl (C=O) groups excluding carboxylic acids is 1. The third-order valence-electron chi connectivity index (χ3n) is 3.93. The molecule has 138 valence electrons. The maximum absolute atomic E-state index is 13.0. The molecule has 7 nitrogen and oxygen atoms in total. The lowest BCUT2D eigenvalue weighted by atomic mass is 10.1. The van der Waals surface area contributed by atoms with Crippen LogP contribution >= 0.6 is 0 Å². The number of urea groups is 1. The average molecular weight is 369 g/mol. The van der Waals surface area contributed by atoms with Crippen molar-refractivity contribution >= 4 is 29.8 Å². The van der Waals surface area contributed by atoms with Crippen LogP contribution in [-0.2, 0) is 11.3 Å². The zero-order valence-electron chi connectivity index (χ0n) is 14.1. The number of pyridine rings is 1. The Kier molecular flexibility index (Phi) is 5.16. The number of carbonyl (C=O) groups is 2. The fourth-order valence-electron chi connectivity index (χ4n) is 2.68. The second kappa shape index (κ2) is 7.69. The van der Waals surface area contributed by atoms with Crippen LogP contribution < -0.4 is 10.2 Å². The number of nitrogens with zero attached hydrogens (tertiary/aromatic N) is 2. The number of carboxylic acid groups (broad SMARTS) is 1. The number of hydrogen-bond donors (Lipinski definition) is 3. The molecular formula is C19H16FN3O4. The van der Waals surface area contributed by atoms with E-state index in [0.29, 0.717) is 11.3 Å². The molecule has 0 unspecified atom stereocenters. The van der Waals surface area contributed by atoms with E-state index in [1.165, 1.54) is 29.3 Å². The van der Waals surface area contributed by atoms with E-state index in [4.69, 9.17) is 5.11 Å². The van der Waals surface area contributed by atoms with Gasteiger partial charge in [-0.2, -0.15) is 0 Å². The number of rotatable bonds is 4. The van der Waals surface area contributed by atoms with Crippen LogP contribution in [0.15, 0.2) is 42.6 Å². The molecule has 0 saturated carbocycles. The van der Waals surface area contributed by atoms with Gasteiger partial charge >= 0.3 is 12.0 Å². The van der Waals surface area contributed by atoms with Gasteiger partial charge in [0.05, 0.1) is 17.6 Å². The normalized spacial score (nSPS) is 12.9. The molecule has 1 aliphatic heterocycles. The van der Waals surface area contributed by atoms with Crippen LogP contribution in [0, 0.1) is 5.82 Å². The molecule has 0 saturated heterocycles. The lowest BCUT2D eigenvalue weighted by Crippen LogP contribution is -2.41. The van der Waals surface area contributed by atoms with E-state index in [9.17, 15) is 19.1 Å². The van der Waals surface area contributed by atoms with Gasteiger partial charge in [0.25, 0.3) is 0 Å². The average Bonchev–Trinajstić information content (AvgIpc) is 2.66. The van der Waals surface area contributed by atoms with Gasteiger partial charge in [-0.15, -0.1) is 0 Å². The van der Waals surface area contributed by atoms with Crippen LogP contribution in [0.25, 0.3) is 12.2 Å². The summed E-state index contributed by atoms with van der Waals surface area (Å²) in [5.74, 6) is -1.69. The van der Waals surface area contributed by atoms with Gasteiger partial charge in [-0.05, 0) is 23.8 Å². The number of aromatic nitrogens is 1. The van der Waals surface area contributed by atoms with Crippen molar-refractivity contribution in [1.82, 2.24) is 10.3 Å². The lowest BCUT2D eigenvalue weighted by Gasteiger charge is -2.27. The van der Waals surface area contributed by atoms with Gasteiger partial charge in [-0.25, -0.2) is 14.0 Å². The number of fused-ring (bicyclic) bond motifs is 1. The lowest BCUT2D eigenvalue weighted by molar-refractivity contribution is -0.131. The second-order valence-corrected chi connectivity index (χ2v) is 5.76. The molecule has 0 bridgehead atoms. The van der Waals surface area contributed by atoms with Crippen molar-refractivity contribution in [3.8, 4) is 5.75 Å². The van der Waals surface area contributed by atoms with Crippen LogP contribution in [0.2, 0.25) is 0 Å². The number of amides is 2. The number of anilines is 1. The van der Waals surface area contributed by atoms with Crippen LogP contribution in [0.4, 0.5) is 14.9 Å². The summed E-state index contributed by atoms with van der Waals surface area (Å²) in [6.07, 6.45) is 6.78. The first kappa shape index (κ1) is 18.1. The number of halogens is 1. The Morgan fingerprint density at radius 1 is 1.30 bits per heavy atom. The Morgan fingerprint density at radius 3 is 2.74 bits per heavy atom. The van der Waals surface area contributed by atoms with Crippen molar-refractivity contribution in [2.75, 3.05) is 11.4 Å². The van der Waals surface area contributed by atoms with Crippen molar-refractivity contribution in [3.63, 3.8) is 0 Å². The van der Waals surface area contributed by atoms with Crippen LogP contribution in [0.3, 0.4) is 0 Å². The molecule has 27 heavy (non-hydrogen) atoms. The first-order valence-corrected chi connectivity index (χ1v) is 8.05. The maximum Gasteiger partial charge on any atom is 0.328 e. The van der Waals surface area contributed by atoms with Gasteiger partial charge < -0.3 is 15.5 Å². The van der Waals surface area contributed by atoms with E-state index in [1.807, 2.05) is 0 Å². The zero-order chi connectivity index (χ0) is 19.4. The monoisotopic (exact) mass is 369 g/mol. The molecule has 2 heterocycles. The topological polar surface area (TPSA) is 103 Å². The zero-order valence-corrected chi connectivity index (χ0v) is 14.1. The SMILES string of the molecule is O=C(O)C=Cc1ncc(O)c2c1C=CCN2C(=O)NCc1ccc(F)cc1. The number of nitrogens with one attached hydrogen (secondary N) is 1. The van der Waals surface area contributed by atoms with E-state index in [0.717, 1.165) is 11.6 Å². The summed E-state index contributed by atoms with van der Waals surface area (Å²) < 4.78 is 13.0. The van der Waals surface area contributed by atoms with E-state index in [2.05, 4.69) is 10.3 Å². The Balaban J connectivity index is 1.83. The largest absolute Gasteiger partial charge is 0.504 e. The Morgan fingerprint density at radius 2 is 2.04 bits per heavy atom. The van der Waals surface area contributed by atoms with Gasteiger partial charge in [0.15, 0.2) is 5.75 Å². The molecule has 2 aromatic rings. The molecule has 0 atom stereocenters. The highest BCUT2D eigenvalue weighted by Gasteiger charge is 2.25. The molecule has 0 spiro atoms. The first-order chi connectivity index (χ1) is 13.0. The standard InChI is InChI=1S/C19H16FN3O4/c20-13-5-3-12(4-6-13)10-22-19(27)23-9-1-2-14-15(7-8-17(25)26)21-11-16(24)18(14)23/h1-8,11,24H,9-10H2,(H,22,27)(H,25,26). The number of aromatic hydroxyl groups is 1. The fourth-order valence-corrected chi connectivity index (χ4v) is 2.68. The number of benzene rings is 1. The molecule has 3 rings (SSSR count). The van der Waals surface area contributed by atoms with E-state index < -0.39 is 12.0 Å². The molecule has 1 aromatic heterocycles. The molecule has 0 aliphatic carbocycles. The highest BCUT2D eigenvalue weighted by Crippen LogP contribution is 2.36. The predicted molar refractivity (Wildman–Crippen MR) is 97.6 cm³/mol. The predicted octanol–water partition coefficient (Wildman–Crippen LogP) is 2.77. The summed E-state index contributed by atoms with van der Waals surface area (Å²) >= 11 is 0. The van der Waals surface area contributed by atoms with Crippen LogP contribution in [0.5, 0.6) is 5.75 Å². The third-order valence-corrected chi connectivity index (χ3v) is 3.93. The van der Waals surface area contributed by atoms with Gasteiger partial charge in [-0.3, -0.25) is 9.88 Å². The highest BCUT2D eigenvalue weighted by molar-refractivity contribution is 5.99. The molecular weight excluding hydrogens is 353 g/mol. The minimum Gasteiger partial charge on any atom is -0.504 e. The number of hydrogen-bond acceptors (Lipinski definition) is 4. The molecule has 0 fully saturated rings. The minimum absolute atomic E-state index is 0.187. The summed E-state index contributed by atoms with van der Waals surface area (Å²) in [4.78, 5) is 28.7. The molecule has 1 aliphatic rings. The van der Waals surface area contributed by atoms with E-state index >= 15 is 0 Å². The van der Waals surface area contributed by atoms with Crippen molar-refractivity contribution in [3.05, 3.63) is 65.3 Å². The Hall–Kier alpha value is -3.68. The quantitative estimate of drug-likeness (QED) is 0.719. The summed E-state index contributed by atoms with van der Waals surface area (Å²) in [6.45, 7) is 0.411. The van der Waals surface area contributed by atoms with Gasteiger partial charge in [0.1, 0.15) is 5.82 Å². The maximum atomic E-state index is 13.0. The molecule has 2 amide bonds. The number of aliphatic carboxylic acids is 1. The number of carboxylic acids is 1. The molecule has 1 aromatic carbocycles. The highest BCUT2D eigenvalue weighted by atomic mass is 19.1. The van der Waals surface area contributed by atoms with Gasteiger partial charge in [0.2, 0.25) is 0 Å². The second-order valence-electron chi connectivity index (χ2n) is 5.76. The summed E-state index contributed by atoms with van der Waals surface area (Å²) in [5, 5.41) is 21.7. The minimum atomic E-state index is -1.13. The molecule has 3 N–H and O–H groups in total. The van der Waals surface area contributed by atoms with Crippen LogP contribution in [0.1, 0.15) is 16.8 Å². The molecule has 8 heteroatoms. The van der Waals surface area contributed by atoms with Crippen LogP contribution in [-0.4, -0.2) is 33.7 Å². The van der Waals surface area contributed by atoms with E-state index in [-0.39, 0.29) is 30.3 Å². The fraction of sp³-hybridized carbons (Fsp3) is 0.105. The first-order valence-electron chi connectivity index (χ1n) is 8.05. The Labute approximate surface area is 154 Å². The molecule has 0 radical (unpaired) electrons.